The van der Waals surface area contributed by atoms with Crippen LogP contribution in [0.1, 0.15) is 43.0 Å². The molecule has 1 saturated carbocycles. The number of aromatic nitrogens is 2. The summed E-state index contributed by atoms with van der Waals surface area (Å²) >= 11 is 0. The van der Waals surface area contributed by atoms with Crippen molar-refractivity contribution in [3.63, 3.8) is 0 Å². The van der Waals surface area contributed by atoms with Gasteiger partial charge in [0.15, 0.2) is 0 Å². The van der Waals surface area contributed by atoms with E-state index in [1.165, 1.54) is 25.7 Å². The van der Waals surface area contributed by atoms with Crippen molar-refractivity contribution in [2.24, 2.45) is 11.7 Å². The summed E-state index contributed by atoms with van der Waals surface area (Å²) in [5, 5.41) is 8.39. The zero-order valence-corrected chi connectivity index (χ0v) is 9.32. The molecule has 3 heteroatoms. The molecule has 1 aliphatic rings. The van der Waals surface area contributed by atoms with Crippen molar-refractivity contribution in [1.29, 1.82) is 0 Å². The van der Waals surface area contributed by atoms with Gasteiger partial charge >= 0.3 is 0 Å². The highest BCUT2D eigenvalue weighted by Gasteiger charge is 2.22. The van der Waals surface area contributed by atoms with Gasteiger partial charge in [-0.05, 0) is 57.2 Å². The minimum absolute atomic E-state index is 0.612. The zero-order chi connectivity index (χ0) is 10.7. The number of rotatable bonds is 2. The van der Waals surface area contributed by atoms with Crippen molar-refractivity contribution in [3.8, 4) is 0 Å². The maximum absolute atomic E-state index is 5.68. The molecule has 1 heterocycles. The van der Waals surface area contributed by atoms with Crippen LogP contribution in [0.2, 0.25) is 0 Å². The number of hydrogen-bond acceptors (Lipinski definition) is 3. The Hall–Kier alpha value is -0.960. The Bertz CT molecular complexity index is 299. The molecule has 0 saturated heterocycles. The van der Waals surface area contributed by atoms with Crippen molar-refractivity contribution >= 4 is 0 Å². The van der Waals surface area contributed by atoms with Gasteiger partial charge in [-0.1, -0.05) is 0 Å². The van der Waals surface area contributed by atoms with Crippen LogP contribution in [0.3, 0.4) is 0 Å². The molecule has 0 amide bonds. The number of hydrogen-bond donors (Lipinski definition) is 1. The van der Waals surface area contributed by atoms with Gasteiger partial charge in [0.05, 0.1) is 11.4 Å². The molecule has 0 unspecified atom stereocenters. The SMILES string of the molecule is Cc1ccc(C2CCC(CN)CC2)nn1. The van der Waals surface area contributed by atoms with Crippen LogP contribution in [-0.2, 0) is 0 Å². The van der Waals surface area contributed by atoms with Gasteiger partial charge < -0.3 is 5.73 Å². The summed E-state index contributed by atoms with van der Waals surface area (Å²) in [6, 6.07) is 4.17. The maximum atomic E-state index is 5.68. The minimum Gasteiger partial charge on any atom is -0.330 e. The molecule has 3 nitrogen and oxygen atoms in total. The van der Waals surface area contributed by atoms with E-state index in [1.807, 2.05) is 6.92 Å². The molecule has 0 atom stereocenters. The van der Waals surface area contributed by atoms with Gasteiger partial charge in [0.1, 0.15) is 0 Å². The number of nitrogens with zero attached hydrogens (tertiary/aromatic N) is 2. The third-order valence-corrected chi connectivity index (χ3v) is 3.42. The van der Waals surface area contributed by atoms with Gasteiger partial charge in [-0.2, -0.15) is 10.2 Å². The van der Waals surface area contributed by atoms with Gasteiger partial charge in [0.2, 0.25) is 0 Å². The van der Waals surface area contributed by atoms with E-state index in [0.717, 1.165) is 23.9 Å². The standard InChI is InChI=1S/C12H19N3/c1-9-2-7-12(15-14-9)11-5-3-10(8-13)4-6-11/h2,7,10-11H,3-6,8,13H2,1H3. The zero-order valence-electron chi connectivity index (χ0n) is 9.32. The Labute approximate surface area is 91.1 Å². The predicted molar refractivity (Wildman–Crippen MR) is 60.5 cm³/mol. The van der Waals surface area contributed by atoms with E-state index in [-0.39, 0.29) is 0 Å². The van der Waals surface area contributed by atoms with Crippen LogP contribution < -0.4 is 5.73 Å². The highest BCUT2D eigenvalue weighted by atomic mass is 15.1. The first-order valence-electron chi connectivity index (χ1n) is 5.80. The van der Waals surface area contributed by atoms with E-state index in [4.69, 9.17) is 5.73 Å². The lowest BCUT2D eigenvalue weighted by atomic mass is 9.80. The van der Waals surface area contributed by atoms with Crippen LogP contribution in [-0.4, -0.2) is 16.7 Å². The molecular formula is C12H19N3. The van der Waals surface area contributed by atoms with Crippen molar-refractivity contribution in [2.75, 3.05) is 6.54 Å². The molecule has 0 bridgehead atoms. The Morgan fingerprint density at radius 3 is 2.47 bits per heavy atom. The van der Waals surface area contributed by atoms with Crippen LogP contribution >= 0.6 is 0 Å². The first-order valence-corrected chi connectivity index (χ1v) is 5.80. The van der Waals surface area contributed by atoms with E-state index in [2.05, 4.69) is 22.3 Å². The highest BCUT2D eigenvalue weighted by molar-refractivity contribution is 5.10. The average Bonchev–Trinajstić information content (AvgIpc) is 2.30. The summed E-state index contributed by atoms with van der Waals surface area (Å²) in [6.07, 6.45) is 4.94. The van der Waals surface area contributed by atoms with E-state index in [0.29, 0.717) is 5.92 Å². The third kappa shape index (κ3) is 2.53. The van der Waals surface area contributed by atoms with E-state index in [9.17, 15) is 0 Å². The lowest BCUT2D eigenvalue weighted by Crippen LogP contribution is -2.21. The molecular weight excluding hydrogens is 186 g/mol. The first-order chi connectivity index (χ1) is 7.29. The van der Waals surface area contributed by atoms with Crippen molar-refractivity contribution in [1.82, 2.24) is 10.2 Å². The van der Waals surface area contributed by atoms with Crippen LogP contribution in [0.4, 0.5) is 0 Å². The number of nitrogens with two attached hydrogens (primary N) is 1. The molecule has 2 N–H and O–H groups in total. The van der Waals surface area contributed by atoms with Crippen molar-refractivity contribution < 1.29 is 0 Å². The van der Waals surface area contributed by atoms with Crippen molar-refractivity contribution in [2.45, 2.75) is 38.5 Å². The largest absolute Gasteiger partial charge is 0.330 e. The molecule has 0 radical (unpaired) electrons. The van der Waals surface area contributed by atoms with E-state index >= 15 is 0 Å². The fourth-order valence-electron chi connectivity index (χ4n) is 2.32. The molecule has 1 aromatic heterocycles. The normalized spacial score (nSPS) is 26.5. The molecule has 1 aliphatic carbocycles. The molecule has 15 heavy (non-hydrogen) atoms. The molecule has 0 spiro atoms. The second-order valence-corrected chi connectivity index (χ2v) is 4.55. The first kappa shape index (κ1) is 10.6. The highest BCUT2D eigenvalue weighted by Crippen LogP contribution is 2.34. The summed E-state index contributed by atoms with van der Waals surface area (Å²) < 4.78 is 0. The molecule has 0 aliphatic heterocycles. The monoisotopic (exact) mass is 205 g/mol. The molecule has 1 fully saturated rings. The molecule has 2 rings (SSSR count). The molecule has 1 aromatic rings. The average molecular weight is 205 g/mol. The predicted octanol–water partition coefficient (Wildman–Crippen LogP) is 2.02. The van der Waals surface area contributed by atoms with Crippen LogP contribution in [0.25, 0.3) is 0 Å². The molecule has 0 aromatic carbocycles. The van der Waals surface area contributed by atoms with Crippen molar-refractivity contribution in [3.05, 3.63) is 23.5 Å². The topological polar surface area (TPSA) is 51.8 Å². The Kier molecular flexibility index (Phi) is 3.31. The third-order valence-electron chi connectivity index (χ3n) is 3.42. The second kappa shape index (κ2) is 4.71. The van der Waals surface area contributed by atoms with Crippen LogP contribution in [0, 0.1) is 12.8 Å². The summed E-state index contributed by atoms with van der Waals surface area (Å²) in [5.41, 5.74) is 7.84. The fraction of sp³-hybridized carbons (Fsp3) is 0.667. The van der Waals surface area contributed by atoms with Gasteiger partial charge in [-0.25, -0.2) is 0 Å². The second-order valence-electron chi connectivity index (χ2n) is 4.55. The molecule has 82 valence electrons. The summed E-state index contributed by atoms with van der Waals surface area (Å²) in [5.74, 6) is 1.35. The smallest absolute Gasteiger partial charge is 0.0662 e. The summed E-state index contributed by atoms with van der Waals surface area (Å²) in [4.78, 5) is 0. The number of aryl methyl sites for hydroxylation is 1. The Balaban J connectivity index is 1.98. The van der Waals surface area contributed by atoms with Gasteiger partial charge in [-0.15, -0.1) is 0 Å². The van der Waals surface area contributed by atoms with E-state index in [1.54, 1.807) is 0 Å². The maximum Gasteiger partial charge on any atom is 0.0662 e. The quantitative estimate of drug-likeness (QED) is 0.803. The van der Waals surface area contributed by atoms with Crippen LogP contribution in [0.5, 0.6) is 0 Å². The Morgan fingerprint density at radius 2 is 1.93 bits per heavy atom. The van der Waals surface area contributed by atoms with Crippen LogP contribution in [0.15, 0.2) is 12.1 Å². The minimum atomic E-state index is 0.612. The van der Waals surface area contributed by atoms with Gasteiger partial charge in [0, 0.05) is 5.92 Å². The fourth-order valence-corrected chi connectivity index (χ4v) is 2.32. The lowest BCUT2D eigenvalue weighted by Gasteiger charge is -2.26. The van der Waals surface area contributed by atoms with E-state index < -0.39 is 0 Å². The summed E-state index contributed by atoms with van der Waals surface area (Å²) in [6.45, 7) is 2.81. The lowest BCUT2D eigenvalue weighted by molar-refractivity contribution is 0.328. The Morgan fingerprint density at radius 1 is 1.20 bits per heavy atom. The van der Waals surface area contributed by atoms with Gasteiger partial charge in [-0.3, -0.25) is 0 Å². The van der Waals surface area contributed by atoms with Gasteiger partial charge in [0.25, 0.3) is 0 Å². The summed E-state index contributed by atoms with van der Waals surface area (Å²) in [7, 11) is 0.